The van der Waals surface area contributed by atoms with Crippen LogP contribution in [0.5, 0.6) is 5.88 Å². The van der Waals surface area contributed by atoms with Gasteiger partial charge in [0.1, 0.15) is 12.3 Å². The number of carbonyl (C=O) groups excluding carboxylic acids is 1. The lowest BCUT2D eigenvalue weighted by atomic mass is 10.1. The van der Waals surface area contributed by atoms with Gasteiger partial charge in [-0.3, -0.25) is 15.2 Å². The molecule has 2 aliphatic heterocycles. The number of nitrogens with one attached hydrogen (secondary N) is 3. The number of aromatic nitrogens is 2. The monoisotopic (exact) mass is 544 g/mol. The Bertz CT molecular complexity index is 1320. The van der Waals surface area contributed by atoms with Crippen molar-refractivity contribution in [3.63, 3.8) is 0 Å². The van der Waals surface area contributed by atoms with E-state index < -0.39 is 5.91 Å². The molecule has 2 saturated heterocycles. The summed E-state index contributed by atoms with van der Waals surface area (Å²) < 4.78 is 11.3. The van der Waals surface area contributed by atoms with Crippen molar-refractivity contribution < 1.29 is 14.3 Å². The normalized spacial score (nSPS) is 16.4. The quantitative estimate of drug-likeness (QED) is 0.249. The predicted octanol–water partition coefficient (Wildman–Crippen LogP) is 2.74. The highest BCUT2D eigenvalue weighted by molar-refractivity contribution is 6.14. The Morgan fingerprint density at radius 3 is 2.70 bits per heavy atom. The van der Waals surface area contributed by atoms with Gasteiger partial charge in [0, 0.05) is 80.8 Å². The third-order valence-electron chi connectivity index (χ3n) is 7.18. The molecule has 5 rings (SSSR count). The number of anilines is 3. The molecule has 210 valence electrons. The van der Waals surface area contributed by atoms with E-state index in [9.17, 15) is 4.79 Å². The smallest absolute Gasteiger partial charge is 0.258 e. The average molecular weight is 545 g/mol. The van der Waals surface area contributed by atoms with Gasteiger partial charge in [0.25, 0.3) is 5.91 Å². The van der Waals surface area contributed by atoms with Crippen molar-refractivity contribution in [2.45, 2.75) is 25.5 Å². The van der Waals surface area contributed by atoms with Crippen molar-refractivity contribution in [1.29, 1.82) is 5.41 Å². The molecular weight excluding hydrogens is 508 g/mol. The molecule has 1 amide bonds. The standard InChI is InChI=1S/C29H36N8O3/c1-36-11-13-37(14-12-36)22-4-5-23(25(17-22)33-21-8-15-39-16-9-21)29(38)35-28(31)27-24(30)6-7-26(34-27)40-19-20-3-2-10-32-18-20/h2-7,10,17-18,21,33H,8-9,11-16,19,30H2,1H3,(H2,31,35,38). The Balaban J connectivity index is 1.32. The molecule has 2 aliphatic rings. The van der Waals surface area contributed by atoms with Gasteiger partial charge in [0.15, 0.2) is 5.84 Å². The fraction of sp³-hybridized carbons (Fsp3) is 0.379. The van der Waals surface area contributed by atoms with Crippen molar-refractivity contribution in [2.24, 2.45) is 0 Å². The molecule has 40 heavy (non-hydrogen) atoms. The maximum Gasteiger partial charge on any atom is 0.258 e. The van der Waals surface area contributed by atoms with E-state index in [4.69, 9.17) is 20.6 Å². The van der Waals surface area contributed by atoms with Gasteiger partial charge in [0.05, 0.1) is 11.3 Å². The van der Waals surface area contributed by atoms with Crippen molar-refractivity contribution in [2.75, 3.05) is 62.4 Å². The highest BCUT2D eigenvalue weighted by Crippen LogP contribution is 2.27. The molecule has 3 aromatic rings. The summed E-state index contributed by atoms with van der Waals surface area (Å²) in [5.74, 6) is -0.313. The second-order valence-corrected chi connectivity index (χ2v) is 10.1. The Morgan fingerprint density at radius 2 is 1.95 bits per heavy atom. The van der Waals surface area contributed by atoms with Gasteiger partial charge in [-0.05, 0) is 50.2 Å². The van der Waals surface area contributed by atoms with E-state index in [-0.39, 0.29) is 29.9 Å². The van der Waals surface area contributed by atoms with Gasteiger partial charge >= 0.3 is 0 Å². The van der Waals surface area contributed by atoms with E-state index in [2.05, 4.69) is 37.4 Å². The van der Waals surface area contributed by atoms with Crippen molar-refractivity contribution in [1.82, 2.24) is 20.2 Å². The number of hydrogen-bond acceptors (Lipinski definition) is 10. The minimum atomic E-state index is -0.410. The first kappa shape index (κ1) is 27.4. The summed E-state index contributed by atoms with van der Waals surface area (Å²) >= 11 is 0. The highest BCUT2D eigenvalue weighted by atomic mass is 16.5. The van der Waals surface area contributed by atoms with Gasteiger partial charge in [-0.2, -0.15) is 0 Å². The maximum atomic E-state index is 13.5. The summed E-state index contributed by atoms with van der Waals surface area (Å²) in [6.07, 6.45) is 5.13. The molecular formula is C29H36N8O3. The molecule has 1 aromatic carbocycles. The summed E-state index contributed by atoms with van der Waals surface area (Å²) in [7, 11) is 2.13. The molecule has 2 aromatic heterocycles. The first-order valence-corrected chi connectivity index (χ1v) is 13.6. The van der Waals surface area contributed by atoms with Crippen LogP contribution in [-0.4, -0.2) is 79.1 Å². The number of amides is 1. The Morgan fingerprint density at radius 1 is 1.15 bits per heavy atom. The summed E-state index contributed by atoms with van der Waals surface area (Å²) in [6.45, 7) is 5.47. The van der Waals surface area contributed by atoms with Crippen molar-refractivity contribution in [3.8, 4) is 5.88 Å². The number of pyridine rings is 2. The number of nitrogen functional groups attached to an aromatic ring is 1. The number of nitrogens with two attached hydrogens (primary N) is 1. The molecule has 0 atom stereocenters. The van der Waals surface area contributed by atoms with Crippen LogP contribution in [-0.2, 0) is 11.3 Å². The number of likely N-dealkylation sites (N-methyl/N-ethyl adjacent to an activating group) is 1. The fourth-order valence-electron chi connectivity index (χ4n) is 4.79. The van der Waals surface area contributed by atoms with Crippen LogP contribution < -0.4 is 26.0 Å². The Hall–Kier alpha value is -4.22. The second-order valence-electron chi connectivity index (χ2n) is 10.1. The molecule has 0 radical (unpaired) electrons. The third-order valence-corrected chi connectivity index (χ3v) is 7.18. The summed E-state index contributed by atoms with van der Waals surface area (Å²) in [5.41, 5.74) is 9.68. The maximum absolute atomic E-state index is 13.5. The zero-order valence-corrected chi connectivity index (χ0v) is 22.7. The van der Waals surface area contributed by atoms with E-state index in [0.29, 0.717) is 24.7 Å². The van der Waals surface area contributed by atoms with Crippen molar-refractivity contribution in [3.05, 3.63) is 71.7 Å². The first-order chi connectivity index (χ1) is 19.5. The lowest BCUT2D eigenvalue weighted by Gasteiger charge is -2.34. The second kappa shape index (κ2) is 12.8. The molecule has 0 saturated carbocycles. The van der Waals surface area contributed by atoms with Gasteiger partial charge in [-0.1, -0.05) is 6.07 Å². The van der Waals surface area contributed by atoms with Crippen LogP contribution in [0.4, 0.5) is 17.1 Å². The third kappa shape index (κ3) is 6.85. The van der Waals surface area contributed by atoms with Crippen molar-refractivity contribution >= 4 is 28.8 Å². The van der Waals surface area contributed by atoms with Gasteiger partial charge in [-0.15, -0.1) is 0 Å². The number of rotatable bonds is 8. The fourth-order valence-corrected chi connectivity index (χ4v) is 4.79. The highest BCUT2D eigenvalue weighted by Gasteiger charge is 2.22. The molecule has 4 heterocycles. The zero-order chi connectivity index (χ0) is 27.9. The average Bonchev–Trinajstić information content (AvgIpc) is 2.98. The van der Waals surface area contributed by atoms with E-state index in [1.165, 1.54) is 0 Å². The van der Waals surface area contributed by atoms with Crippen LogP contribution >= 0.6 is 0 Å². The predicted molar refractivity (Wildman–Crippen MR) is 155 cm³/mol. The molecule has 0 unspecified atom stereocenters. The number of nitrogens with zero attached hydrogens (tertiary/aromatic N) is 4. The molecule has 0 aliphatic carbocycles. The van der Waals surface area contributed by atoms with Crippen LogP contribution in [0.1, 0.15) is 34.5 Å². The number of carbonyl (C=O) groups is 1. The molecule has 5 N–H and O–H groups in total. The SMILES string of the molecule is CN1CCN(c2ccc(C(=O)NC(=N)c3nc(OCc4cccnc4)ccc3N)c(NC3CCOCC3)c2)CC1. The summed E-state index contributed by atoms with van der Waals surface area (Å²) in [4.78, 5) is 26.6. The molecule has 11 heteroatoms. The largest absolute Gasteiger partial charge is 0.473 e. The lowest BCUT2D eigenvalue weighted by Crippen LogP contribution is -2.44. The van der Waals surface area contributed by atoms with Crippen LogP contribution in [0.15, 0.2) is 54.9 Å². The number of amidine groups is 1. The topological polar surface area (TPSA) is 142 Å². The molecule has 2 fully saturated rings. The number of ether oxygens (including phenoxy) is 2. The number of hydrogen-bond donors (Lipinski definition) is 4. The number of benzene rings is 1. The summed E-state index contributed by atoms with van der Waals surface area (Å²) in [5, 5.41) is 14.9. The lowest BCUT2D eigenvalue weighted by molar-refractivity contribution is 0.0904. The Kier molecular flexibility index (Phi) is 8.72. The van der Waals surface area contributed by atoms with Crippen LogP contribution in [0.25, 0.3) is 0 Å². The van der Waals surface area contributed by atoms with Crippen LogP contribution in [0.2, 0.25) is 0 Å². The molecule has 0 bridgehead atoms. The minimum Gasteiger partial charge on any atom is -0.473 e. The van der Waals surface area contributed by atoms with E-state index in [1.807, 2.05) is 30.3 Å². The molecule has 11 nitrogen and oxygen atoms in total. The zero-order valence-electron chi connectivity index (χ0n) is 22.7. The first-order valence-electron chi connectivity index (χ1n) is 13.6. The van der Waals surface area contributed by atoms with E-state index in [0.717, 1.165) is 56.0 Å². The van der Waals surface area contributed by atoms with Gasteiger partial charge in [-0.25, -0.2) is 4.98 Å². The number of piperazine rings is 1. The Labute approximate surface area is 234 Å². The minimum absolute atomic E-state index is 0.144. The van der Waals surface area contributed by atoms with E-state index in [1.54, 1.807) is 24.5 Å². The van der Waals surface area contributed by atoms with Gasteiger partial charge < -0.3 is 35.6 Å². The van der Waals surface area contributed by atoms with E-state index >= 15 is 0 Å². The van der Waals surface area contributed by atoms with Gasteiger partial charge in [0.2, 0.25) is 5.88 Å². The molecule has 0 spiro atoms. The summed E-state index contributed by atoms with van der Waals surface area (Å²) in [6, 6.07) is 13.0. The van der Waals surface area contributed by atoms with Crippen LogP contribution in [0.3, 0.4) is 0 Å². The van der Waals surface area contributed by atoms with Crippen LogP contribution in [0, 0.1) is 5.41 Å².